The Balaban J connectivity index is 4.27. The molecular formula is C9H18N2O4. The smallest absolute Gasteiger partial charge is 0.326 e. The minimum Gasteiger partial charge on any atom is -0.480 e. The summed E-state index contributed by atoms with van der Waals surface area (Å²) in [6, 6.07) is -1.04. The Hall–Kier alpha value is -1.14. The summed E-state index contributed by atoms with van der Waals surface area (Å²) in [6.07, 6.45) is 0.565. The molecule has 0 heterocycles. The molecule has 0 saturated carbocycles. The number of hydrogen-bond acceptors (Lipinski definition) is 4. The topological polar surface area (TPSA) is 113 Å². The van der Waals surface area contributed by atoms with Gasteiger partial charge >= 0.3 is 5.97 Å². The van der Waals surface area contributed by atoms with Crippen LogP contribution in [-0.2, 0) is 9.59 Å². The first-order valence-corrected chi connectivity index (χ1v) is 4.90. The Bertz CT molecular complexity index is 216. The monoisotopic (exact) mass is 218 g/mol. The first-order valence-electron chi connectivity index (χ1n) is 4.90. The molecule has 2 unspecified atom stereocenters. The number of aliphatic hydroxyl groups is 1. The summed E-state index contributed by atoms with van der Waals surface area (Å²) >= 11 is 0. The molecule has 6 nitrogen and oxygen atoms in total. The van der Waals surface area contributed by atoms with Gasteiger partial charge in [-0.1, -0.05) is 6.92 Å². The quantitative estimate of drug-likeness (QED) is 0.434. The predicted octanol–water partition coefficient (Wildman–Crippen LogP) is -1.08. The zero-order valence-corrected chi connectivity index (χ0v) is 8.77. The maximum absolute atomic E-state index is 11.5. The van der Waals surface area contributed by atoms with Crippen LogP contribution in [0.5, 0.6) is 0 Å². The lowest BCUT2D eigenvalue weighted by atomic mass is 10.1. The van der Waals surface area contributed by atoms with Crippen LogP contribution in [0.15, 0.2) is 0 Å². The molecule has 0 saturated heterocycles. The van der Waals surface area contributed by atoms with Gasteiger partial charge in [0.25, 0.3) is 0 Å². The van der Waals surface area contributed by atoms with Crippen molar-refractivity contribution in [3.8, 4) is 0 Å². The average Bonchev–Trinajstić information content (AvgIpc) is 2.18. The van der Waals surface area contributed by atoms with Crippen LogP contribution in [0.1, 0.15) is 19.8 Å². The van der Waals surface area contributed by atoms with Gasteiger partial charge in [-0.05, 0) is 6.42 Å². The van der Waals surface area contributed by atoms with E-state index >= 15 is 0 Å². The second kappa shape index (κ2) is 7.19. The molecule has 15 heavy (non-hydrogen) atoms. The van der Waals surface area contributed by atoms with Crippen molar-refractivity contribution in [2.24, 2.45) is 11.7 Å². The van der Waals surface area contributed by atoms with Crippen LogP contribution in [0.3, 0.4) is 0 Å². The van der Waals surface area contributed by atoms with Gasteiger partial charge in [0.05, 0.1) is 0 Å². The Morgan fingerprint density at radius 1 is 1.47 bits per heavy atom. The number of aliphatic carboxylic acids is 1. The molecular weight excluding hydrogens is 200 g/mol. The highest BCUT2D eigenvalue weighted by Gasteiger charge is 2.22. The molecule has 0 aliphatic heterocycles. The molecule has 0 radical (unpaired) electrons. The molecule has 1 amide bonds. The number of amides is 1. The second-order valence-corrected chi connectivity index (χ2v) is 3.25. The maximum Gasteiger partial charge on any atom is 0.326 e. The molecule has 5 N–H and O–H groups in total. The van der Waals surface area contributed by atoms with Gasteiger partial charge in [-0.3, -0.25) is 4.79 Å². The molecule has 88 valence electrons. The summed E-state index contributed by atoms with van der Waals surface area (Å²) < 4.78 is 0. The molecule has 0 rings (SSSR count). The van der Waals surface area contributed by atoms with Crippen molar-refractivity contribution >= 4 is 11.9 Å². The van der Waals surface area contributed by atoms with Crippen LogP contribution in [0.25, 0.3) is 0 Å². The van der Waals surface area contributed by atoms with Gasteiger partial charge in [-0.2, -0.15) is 0 Å². The van der Waals surface area contributed by atoms with Gasteiger partial charge in [0, 0.05) is 25.5 Å². The SMILES string of the molecule is CCC(CN)C(=O)NC(CCO)C(=O)O. The Kier molecular flexibility index (Phi) is 6.64. The standard InChI is InChI=1S/C9H18N2O4/c1-2-6(5-10)8(13)11-7(3-4-12)9(14)15/h6-7,12H,2-5,10H2,1H3,(H,11,13)(H,14,15). The lowest BCUT2D eigenvalue weighted by molar-refractivity contribution is -0.142. The van der Waals surface area contributed by atoms with E-state index in [0.717, 1.165) is 0 Å². The number of carboxylic acids is 1. The lowest BCUT2D eigenvalue weighted by Gasteiger charge is -2.17. The van der Waals surface area contributed by atoms with E-state index in [1.54, 1.807) is 6.92 Å². The van der Waals surface area contributed by atoms with Crippen molar-refractivity contribution in [3.63, 3.8) is 0 Å². The summed E-state index contributed by atoms with van der Waals surface area (Å²) in [5, 5.41) is 19.7. The van der Waals surface area contributed by atoms with Crippen LogP contribution < -0.4 is 11.1 Å². The first kappa shape index (κ1) is 13.9. The fourth-order valence-corrected chi connectivity index (χ4v) is 1.14. The third-order valence-corrected chi connectivity index (χ3v) is 2.18. The highest BCUT2D eigenvalue weighted by Crippen LogP contribution is 2.01. The maximum atomic E-state index is 11.5. The zero-order valence-electron chi connectivity index (χ0n) is 8.77. The number of carbonyl (C=O) groups excluding carboxylic acids is 1. The summed E-state index contributed by atoms with van der Waals surface area (Å²) in [5.41, 5.74) is 5.35. The van der Waals surface area contributed by atoms with Crippen molar-refractivity contribution < 1.29 is 19.8 Å². The largest absolute Gasteiger partial charge is 0.480 e. The van der Waals surface area contributed by atoms with Crippen molar-refractivity contribution in [3.05, 3.63) is 0 Å². The normalized spacial score (nSPS) is 14.3. The van der Waals surface area contributed by atoms with Gasteiger partial charge in [0.2, 0.25) is 5.91 Å². The van der Waals surface area contributed by atoms with Crippen molar-refractivity contribution in [1.82, 2.24) is 5.32 Å². The van der Waals surface area contributed by atoms with E-state index in [2.05, 4.69) is 5.32 Å². The number of nitrogens with two attached hydrogens (primary N) is 1. The van der Waals surface area contributed by atoms with Gasteiger partial charge in [0.1, 0.15) is 6.04 Å². The van der Waals surface area contributed by atoms with E-state index in [-0.39, 0.29) is 31.4 Å². The van der Waals surface area contributed by atoms with Crippen LogP contribution in [0.4, 0.5) is 0 Å². The minimum absolute atomic E-state index is 0.00206. The van der Waals surface area contributed by atoms with Gasteiger partial charge < -0.3 is 21.3 Å². The molecule has 0 aromatic rings. The summed E-state index contributed by atoms with van der Waals surface area (Å²) in [6.45, 7) is 1.71. The van der Waals surface area contributed by atoms with E-state index in [9.17, 15) is 9.59 Å². The number of aliphatic hydroxyl groups excluding tert-OH is 1. The molecule has 0 aliphatic rings. The molecule has 0 aliphatic carbocycles. The number of rotatable bonds is 7. The Morgan fingerprint density at radius 3 is 2.40 bits per heavy atom. The first-order chi connectivity index (χ1) is 7.06. The minimum atomic E-state index is -1.15. The molecule has 0 spiro atoms. The highest BCUT2D eigenvalue weighted by molar-refractivity contribution is 5.85. The second-order valence-electron chi connectivity index (χ2n) is 3.25. The van der Waals surface area contributed by atoms with Crippen molar-refractivity contribution in [1.29, 1.82) is 0 Å². The number of carbonyl (C=O) groups is 2. The third kappa shape index (κ3) is 4.75. The van der Waals surface area contributed by atoms with Crippen LogP contribution in [0.2, 0.25) is 0 Å². The molecule has 2 atom stereocenters. The highest BCUT2D eigenvalue weighted by atomic mass is 16.4. The van der Waals surface area contributed by atoms with Crippen LogP contribution >= 0.6 is 0 Å². The fraction of sp³-hybridized carbons (Fsp3) is 0.778. The molecule has 0 fully saturated rings. The number of nitrogens with one attached hydrogen (secondary N) is 1. The molecule has 6 heteroatoms. The predicted molar refractivity (Wildman–Crippen MR) is 54.1 cm³/mol. The van der Waals surface area contributed by atoms with Crippen LogP contribution in [-0.4, -0.2) is 41.3 Å². The summed E-state index contributed by atoms with van der Waals surface area (Å²) in [5.74, 6) is -1.89. The third-order valence-electron chi connectivity index (χ3n) is 2.18. The molecule has 0 aromatic carbocycles. The summed E-state index contributed by atoms with van der Waals surface area (Å²) in [4.78, 5) is 22.1. The van der Waals surface area contributed by atoms with Crippen LogP contribution in [0, 0.1) is 5.92 Å². The van der Waals surface area contributed by atoms with Crippen molar-refractivity contribution in [2.45, 2.75) is 25.8 Å². The van der Waals surface area contributed by atoms with E-state index in [1.807, 2.05) is 0 Å². The van der Waals surface area contributed by atoms with E-state index < -0.39 is 12.0 Å². The Morgan fingerprint density at radius 2 is 2.07 bits per heavy atom. The number of carboxylic acid groups (broad SMARTS) is 1. The average molecular weight is 218 g/mol. The van der Waals surface area contributed by atoms with E-state index in [1.165, 1.54) is 0 Å². The van der Waals surface area contributed by atoms with Gasteiger partial charge in [-0.15, -0.1) is 0 Å². The zero-order chi connectivity index (χ0) is 11.8. The Labute approximate surface area is 88.5 Å². The molecule has 0 aromatic heterocycles. The van der Waals surface area contributed by atoms with E-state index in [0.29, 0.717) is 6.42 Å². The lowest BCUT2D eigenvalue weighted by Crippen LogP contribution is -2.45. The fourth-order valence-electron chi connectivity index (χ4n) is 1.14. The summed E-state index contributed by atoms with van der Waals surface area (Å²) in [7, 11) is 0. The van der Waals surface area contributed by atoms with Crippen molar-refractivity contribution in [2.75, 3.05) is 13.2 Å². The number of hydrogen-bond donors (Lipinski definition) is 4. The van der Waals surface area contributed by atoms with Gasteiger partial charge in [-0.25, -0.2) is 4.79 Å². The molecule has 0 bridgehead atoms. The van der Waals surface area contributed by atoms with Gasteiger partial charge in [0.15, 0.2) is 0 Å². The van der Waals surface area contributed by atoms with E-state index in [4.69, 9.17) is 15.9 Å².